The summed E-state index contributed by atoms with van der Waals surface area (Å²) in [5, 5.41) is 17.5. The number of rotatable bonds is 5. The summed E-state index contributed by atoms with van der Waals surface area (Å²) in [6.07, 6.45) is 0. The molecule has 7 nitrogen and oxygen atoms in total. The van der Waals surface area contributed by atoms with Crippen LogP contribution in [0.15, 0.2) is 15.6 Å². The Kier molecular flexibility index (Phi) is 4.03. The van der Waals surface area contributed by atoms with Crippen LogP contribution in [0.3, 0.4) is 0 Å². The van der Waals surface area contributed by atoms with Gasteiger partial charge in [0.15, 0.2) is 5.16 Å². The highest BCUT2D eigenvalue weighted by molar-refractivity contribution is 7.98. The van der Waals surface area contributed by atoms with Gasteiger partial charge in [-0.15, -0.1) is 10.2 Å². The van der Waals surface area contributed by atoms with Gasteiger partial charge in [-0.2, -0.15) is 0 Å². The zero-order valence-electron chi connectivity index (χ0n) is 11.5. The van der Waals surface area contributed by atoms with Gasteiger partial charge in [0.1, 0.15) is 17.1 Å². The van der Waals surface area contributed by atoms with Gasteiger partial charge >= 0.3 is 5.97 Å². The van der Waals surface area contributed by atoms with E-state index >= 15 is 0 Å². The smallest absolute Gasteiger partial charge is 0.339 e. The Balaban J connectivity index is 2.13. The first-order valence-corrected chi connectivity index (χ1v) is 7.04. The summed E-state index contributed by atoms with van der Waals surface area (Å²) < 4.78 is 7.23. The highest BCUT2D eigenvalue weighted by Gasteiger charge is 2.16. The number of nitrogens with two attached hydrogens (primary N) is 1. The molecular formula is C12H16N4O3S. The Morgan fingerprint density at radius 3 is 2.80 bits per heavy atom. The number of nitrogen functional groups attached to an aromatic ring is 1. The number of carbonyl (C=O) groups is 1. The minimum Gasteiger partial charge on any atom is -0.478 e. The summed E-state index contributed by atoms with van der Waals surface area (Å²) in [7, 11) is 0. The molecule has 0 aliphatic carbocycles. The molecule has 2 aromatic heterocycles. The van der Waals surface area contributed by atoms with Crippen molar-refractivity contribution in [2.45, 2.75) is 37.7 Å². The molecule has 108 valence electrons. The van der Waals surface area contributed by atoms with E-state index in [1.54, 1.807) is 6.92 Å². The number of carboxylic acid groups (broad SMARTS) is 1. The van der Waals surface area contributed by atoms with Crippen LogP contribution in [-0.2, 0) is 5.75 Å². The minimum absolute atomic E-state index is 0.153. The fourth-order valence-corrected chi connectivity index (χ4v) is 2.79. The van der Waals surface area contributed by atoms with Gasteiger partial charge in [0.25, 0.3) is 0 Å². The van der Waals surface area contributed by atoms with Gasteiger partial charge in [-0.3, -0.25) is 4.57 Å². The number of anilines is 1. The molecule has 20 heavy (non-hydrogen) atoms. The number of nitrogens with zero attached hydrogens (tertiary/aromatic N) is 3. The molecule has 0 fully saturated rings. The number of aromatic nitrogens is 3. The predicted molar refractivity (Wildman–Crippen MR) is 74.8 cm³/mol. The molecule has 3 N–H and O–H groups in total. The number of hydrogen-bond acceptors (Lipinski definition) is 6. The third kappa shape index (κ3) is 2.79. The van der Waals surface area contributed by atoms with E-state index in [1.165, 1.54) is 17.8 Å². The van der Waals surface area contributed by atoms with E-state index in [2.05, 4.69) is 10.2 Å². The third-order valence-electron chi connectivity index (χ3n) is 2.75. The zero-order valence-corrected chi connectivity index (χ0v) is 12.3. The molecule has 2 heterocycles. The fourth-order valence-electron chi connectivity index (χ4n) is 1.84. The number of thioether (sulfide) groups is 1. The molecule has 0 saturated heterocycles. The third-order valence-corrected chi connectivity index (χ3v) is 3.72. The number of furan rings is 1. The zero-order chi connectivity index (χ0) is 14.9. The maximum atomic E-state index is 10.9. The fraction of sp³-hybridized carbons (Fsp3) is 0.417. The van der Waals surface area contributed by atoms with Crippen LogP contribution in [0.1, 0.15) is 41.8 Å². The lowest BCUT2D eigenvalue weighted by molar-refractivity contribution is 0.0695. The van der Waals surface area contributed by atoms with Crippen molar-refractivity contribution in [3.8, 4) is 0 Å². The van der Waals surface area contributed by atoms with Crippen LogP contribution < -0.4 is 5.73 Å². The summed E-state index contributed by atoms with van der Waals surface area (Å²) in [6, 6.07) is 1.69. The van der Waals surface area contributed by atoms with Gasteiger partial charge in [-0.05, 0) is 26.8 Å². The minimum atomic E-state index is -0.989. The van der Waals surface area contributed by atoms with Gasteiger partial charge in [0.05, 0.1) is 5.75 Å². The molecule has 0 amide bonds. The molecule has 0 saturated carbocycles. The summed E-state index contributed by atoms with van der Waals surface area (Å²) in [4.78, 5) is 10.9. The lowest BCUT2D eigenvalue weighted by Crippen LogP contribution is -2.06. The van der Waals surface area contributed by atoms with Crippen molar-refractivity contribution in [2.24, 2.45) is 0 Å². The Hall–Kier alpha value is -1.96. The quantitative estimate of drug-likeness (QED) is 0.815. The first-order chi connectivity index (χ1) is 9.40. The van der Waals surface area contributed by atoms with Crippen LogP contribution in [0, 0.1) is 6.92 Å². The van der Waals surface area contributed by atoms with Crippen molar-refractivity contribution in [1.29, 1.82) is 0 Å². The second-order valence-corrected chi connectivity index (χ2v) is 5.52. The molecule has 0 unspecified atom stereocenters. The lowest BCUT2D eigenvalue weighted by atomic mass is 10.2. The predicted octanol–water partition coefficient (Wildman–Crippen LogP) is 2.33. The molecule has 8 heteroatoms. The maximum absolute atomic E-state index is 10.9. The van der Waals surface area contributed by atoms with Crippen LogP contribution in [0.2, 0.25) is 0 Å². The Morgan fingerprint density at radius 2 is 2.25 bits per heavy atom. The SMILES string of the molecule is Cc1oc(CSc2nnc(N)n2C(C)C)cc1C(=O)O. The van der Waals surface area contributed by atoms with Crippen molar-refractivity contribution >= 4 is 23.7 Å². The van der Waals surface area contributed by atoms with Crippen LogP contribution in [0.5, 0.6) is 0 Å². The van der Waals surface area contributed by atoms with Crippen molar-refractivity contribution in [1.82, 2.24) is 14.8 Å². The van der Waals surface area contributed by atoms with E-state index in [1.807, 2.05) is 18.4 Å². The van der Waals surface area contributed by atoms with E-state index in [4.69, 9.17) is 15.3 Å². The van der Waals surface area contributed by atoms with Gasteiger partial charge < -0.3 is 15.3 Å². The van der Waals surface area contributed by atoms with Gasteiger partial charge in [-0.1, -0.05) is 11.8 Å². The van der Waals surface area contributed by atoms with Gasteiger partial charge in [0.2, 0.25) is 5.95 Å². The lowest BCUT2D eigenvalue weighted by Gasteiger charge is -2.10. The number of aromatic carboxylic acids is 1. The summed E-state index contributed by atoms with van der Waals surface area (Å²) in [5.74, 6) is 0.833. The molecule has 2 rings (SSSR count). The Bertz CT molecular complexity index is 633. The van der Waals surface area contributed by atoms with Crippen molar-refractivity contribution in [3.63, 3.8) is 0 Å². The van der Waals surface area contributed by atoms with E-state index < -0.39 is 5.97 Å². The van der Waals surface area contributed by atoms with Crippen molar-refractivity contribution < 1.29 is 14.3 Å². The number of hydrogen-bond donors (Lipinski definition) is 2. The number of aryl methyl sites for hydroxylation is 1. The van der Waals surface area contributed by atoms with Gasteiger partial charge in [-0.25, -0.2) is 4.79 Å². The molecule has 0 aliphatic heterocycles. The monoisotopic (exact) mass is 296 g/mol. The van der Waals surface area contributed by atoms with Crippen molar-refractivity contribution in [3.05, 3.63) is 23.2 Å². The topological polar surface area (TPSA) is 107 Å². The normalized spacial score (nSPS) is 11.2. The van der Waals surface area contributed by atoms with E-state index in [0.717, 1.165) is 0 Å². The average molecular weight is 296 g/mol. The van der Waals surface area contributed by atoms with E-state index in [-0.39, 0.29) is 11.6 Å². The van der Waals surface area contributed by atoms with Gasteiger partial charge in [0, 0.05) is 6.04 Å². The first-order valence-electron chi connectivity index (χ1n) is 6.06. The van der Waals surface area contributed by atoms with Crippen LogP contribution in [0.4, 0.5) is 5.95 Å². The van der Waals surface area contributed by atoms with Crippen molar-refractivity contribution in [2.75, 3.05) is 5.73 Å². The van der Waals surface area contributed by atoms with Crippen LogP contribution in [-0.4, -0.2) is 25.8 Å². The standard InChI is InChI=1S/C12H16N4O3S/c1-6(2)16-11(13)14-15-12(16)20-5-8-4-9(10(17)18)7(3)19-8/h4,6H,5H2,1-3H3,(H2,13,14)(H,17,18). The molecule has 0 bridgehead atoms. The first kappa shape index (κ1) is 14.4. The Morgan fingerprint density at radius 1 is 1.55 bits per heavy atom. The van der Waals surface area contributed by atoms with E-state index in [0.29, 0.717) is 28.4 Å². The van der Waals surface area contributed by atoms with E-state index in [9.17, 15) is 4.79 Å². The summed E-state index contributed by atoms with van der Waals surface area (Å²) >= 11 is 1.41. The molecule has 2 aromatic rings. The largest absolute Gasteiger partial charge is 0.478 e. The van der Waals surface area contributed by atoms with Crippen LogP contribution >= 0.6 is 11.8 Å². The Labute approximate surface area is 120 Å². The summed E-state index contributed by atoms with van der Waals surface area (Å²) in [6.45, 7) is 5.61. The summed E-state index contributed by atoms with van der Waals surface area (Å²) in [5.41, 5.74) is 5.94. The maximum Gasteiger partial charge on any atom is 0.339 e. The van der Waals surface area contributed by atoms with Crippen LogP contribution in [0.25, 0.3) is 0 Å². The molecule has 0 aromatic carbocycles. The molecule has 0 radical (unpaired) electrons. The highest BCUT2D eigenvalue weighted by Crippen LogP contribution is 2.27. The highest BCUT2D eigenvalue weighted by atomic mass is 32.2. The molecular weight excluding hydrogens is 280 g/mol. The average Bonchev–Trinajstić information content (AvgIpc) is 2.90. The molecule has 0 spiro atoms. The number of carboxylic acids is 1. The second kappa shape index (κ2) is 5.58. The second-order valence-electron chi connectivity index (χ2n) is 4.58. The molecule has 0 atom stereocenters. The molecule has 0 aliphatic rings.